The summed E-state index contributed by atoms with van der Waals surface area (Å²) in [5.41, 5.74) is 0.989. The Morgan fingerprint density at radius 2 is 2.23 bits per heavy atom. The Balaban J connectivity index is 2.43. The Morgan fingerprint density at radius 1 is 1.54 bits per heavy atom. The van der Waals surface area contributed by atoms with E-state index >= 15 is 0 Å². The number of Topliss-reactive ketones (excluding diaryl/α,β-unsaturated/α-hetero) is 1. The van der Waals surface area contributed by atoms with E-state index in [-0.39, 0.29) is 0 Å². The third kappa shape index (κ3) is 4.03. The number of aromatic nitrogens is 2. The molecule has 0 saturated heterocycles. The lowest BCUT2D eigenvalue weighted by molar-refractivity contribution is -0.116. The molecule has 3 nitrogen and oxygen atoms in total. The third-order valence-corrected chi connectivity index (χ3v) is 3.14. The summed E-state index contributed by atoms with van der Waals surface area (Å²) in [4.78, 5) is 11.5. The van der Waals surface area contributed by atoms with Crippen LogP contribution in [0.5, 0.6) is 0 Å². The van der Waals surface area contributed by atoms with Gasteiger partial charge in [-0.05, 0) is 5.56 Å². The molecule has 0 bridgehead atoms. The summed E-state index contributed by atoms with van der Waals surface area (Å²) in [5, 5.41) is 6.51. The van der Waals surface area contributed by atoms with Gasteiger partial charge in [0.05, 0.1) is 14.3 Å². The number of nitrogens with zero attached hydrogens (tertiary/aromatic N) is 1. The minimum Gasteiger partial charge on any atom is -0.300 e. The highest BCUT2D eigenvalue weighted by atomic mass is 28.3. The van der Waals surface area contributed by atoms with E-state index in [0.717, 1.165) is 11.6 Å². The molecule has 0 aliphatic heterocycles. The summed E-state index contributed by atoms with van der Waals surface area (Å²) in [6.07, 6.45) is 4.02. The van der Waals surface area contributed by atoms with Crippen molar-refractivity contribution in [2.75, 3.05) is 0 Å². The smallest absolute Gasteiger partial charge is 0.134 e. The molecule has 0 aliphatic carbocycles. The number of rotatable bonds is 4. The highest BCUT2D eigenvalue weighted by molar-refractivity contribution is 6.78. The first-order valence-electron chi connectivity index (χ1n) is 4.47. The molecule has 1 aromatic rings. The van der Waals surface area contributed by atoms with Gasteiger partial charge in [0.1, 0.15) is 5.78 Å². The first kappa shape index (κ1) is 10.2. The van der Waals surface area contributed by atoms with Crippen LogP contribution in [0.15, 0.2) is 12.4 Å². The number of H-pyrrole nitrogens is 1. The Bertz CT molecular complexity index is 274. The van der Waals surface area contributed by atoms with Gasteiger partial charge in [0.15, 0.2) is 0 Å². The van der Waals surface area contributed by atoms with Crippen LogP contribution >= 0.6 is 0 Å². The lowest BCUT2D eigenvalue weighted by Gasteiger charge is -2.13. The molecule has 0 radical (unpaired) electrons. The van der Waals surface area contributed by atoms with Crippen LogP contribution in [-0.4, -0.2) is 24.1 Å². The van der Waals surface area contributed by atoms with Crippen LogP contribution in [0.3, 0.4) is 0 Å². The number of hydrogen-bond donors (Lipinski definition) is 1. The van der Waals surface area contributed by atoms with Gasteiger partial charge < -0.3 is 0 Å². The topological polar surface area (TPSA) is 45.8 Å². The van der Waals surface area contributed by atoms with Crippen LogP contribution in [0.1, 0.15) is 5.56 Å². The monoisotopic (exact) mass is 196 g/mol. The molecule has 0 amide bonds. The van der Waals surface area contributed by atoms with Crippen LogP contribution < -0.4 is 0 Å². The minimum absolute atomic E-state index is 0.334. The molecule has 13 heavy (non-hydrogen) atoms. The number of ketones is 1. The average molecular weight is 196 g/mol. The van der Waals surface area contributed by atoms with Gasteiger partial charge in [-0.3, -0.25) is 9.89 Å². The van der Waals surface area contributed by atoms with Crippen LogP contribution in [-0.2, 0) is 11.2 Å². The second-order valence-corrected chi connectivity index (χ2v) is 10.0. The first-order chi connectivity index (χ1) is 5.97. The zero-order valence-corrected chi connectivity index (χ0v) is 9.42. The Hall–Kier alpha value is -0.903. The molecule has 1 N–H and O–H groups in total. The Kier molecular flexibility index (Phi) is 3.03. The maximum atomic E-state index is 11.5. The molecule has 1 rings (SSSR count). The van der Waals surface area contributed by atoms with Crippen molar-refractivity contribution in [3.8, 4) is 0 Å². The summed E-state index contributed by atoms with van der Waals surface area (Å²) in [5.74, 6) is 0.334. The molecule has 0 aromatic carbocycles. The standard InChI is InChI=1S/C9H16N2OSi/c1-13(2,3)7-9(12)4-8-5-10-11-6-8/h5-6H,4,7H2,1-3H3,(H,10,11). The number of nitrogens with one attached hydrogen (secondary N) is 1. The largest absolute Gasteiger partial charge is 0.300 e. The molecular formula is C9H16N2OSi. The van der Waals surface area contributed by atoms with Crippen molar-refractivity contribution in [3.63, 3.8) is 0 Å². The van der Waals surface area contributed by atoms with Gasteiger partial charge in [0, 0.05) is 18.7 Å². The van der Waals surface area contributed by atoms with Crippen molar-refractivity contribution in [2.45, 2.75) is 32.1 Å². The highest BCUT2D eigenvalue weighted by Crippen LogP contribution is 2.10. The fourth-order valence-electron chi connectivity index (χ4n) is 1.26. The zero-order valence-electron chi connectivity index (χ0n) is 8.42. The lowest BCUT2D eigenvalue weighted by Crippen LogP contribution is -2.24. The van der Waals surface area contributed by atoms with E-state index in [1.165, 1.54) is 0 Å². The number of aromatic amines is 1. The van der Waals surface area contributed by atoms with Gasteiger partial charge in [-0.2, -0.15) is 5.10 Å². The molecule has 72 valence electrons. The predicted octanol–water partition coefficient (Wildman–Crippen LogP) is 1.86. The molecule has 4 heteroatoms. The van der Waals surface area contributed by atoms with Gasteiger partial charge in [0.25, 0.3) is 0 Å². The molecule has 0 fully saturated rings. The van der Waals surface area contributed by atoms with Crippen molar-refractivity contribution in [1.29, 1.82) is 0 Å². The van der Waals surface area contributed by atoms with Gasteiger partial charge >= 0.3 is 0 Å². The fraction of sp³-hybridized carbons (Fsp3) is 0.556. The van der Waals surface area contributed by atoms with Gasteiger partial charge in [-0.1, -0.05) is 19.6 Å². The van der Waals surface area contributed by atoms with Crippen LogP contribution in [0.2, 0.25) is 25.7 Å². The predicted molar refractivity (Wildman–Crippen MR) is 55.5 cm³/mol. The molecule has 0 atom stereocenters. The normalized spacial score (nSPS) is 11.6. The molecule has 0 unspecified atom stereocenters. The van der Waals surface area contributed by atoms with Gasteiger partial charge in [-0.25, -0.2) is 0 Å². The van der Waals surface area contributed by atoms with Crippen LogP contribution in [0, 0.1) is 0 Å². The van der Waals surface area contributed by atoms with E-state index in [9.17, 15) is 4.79 Å². The van der Waals surface area contributed by atoms with Crippen molar-refractivity contribution in [1.82, 2.24) is 10.2 Å². The number of carbonyl (C=O) groups excluding carboxylic acids is 1. The van der Waals surface area contributed by atoms with Gasteiger partial charge in [0.2, 0.25) is 0 Å². The average Bonchev–Trinajstić information content (AvgIpc) is 2.34. The highest BCUT2D eigenvalue weighted by Gasteiger charge is 2.18. The minimum atomic E-state index is -1.23. The summed E-state index contributed by atoms with van der Waals surface area (Å²) >= 11 is 0. The number of hydrogen-bond acceptors (Lipinski definition) is 2. The SMILES string of the molecule is C[Si](C)(C)CC(=O)Cc1cn[nH]c1. The first-order valence-corrected chi connectivity index (χ1v) is 8.17. The number of carbonyl (C=O) groups is 1. The summed E-state index contributed by atoms with van der Waals surface area (Å²) in [7, 11) is -1.23. The van der Waals surface area contributed by atoms with E-state index < -0.39 is 8.07 Å². The maximum absolute atomic E-state index is 11.5. The molecule has 1 aromatic heterocycles. The van der Waals surface area contributed by atoms with E-state index in [0.29, 0.717) is 12.2 Å². The molecule has 1 heterocycles. The zero-order chi connectivity index (χ0) is 9.90. The second kappa shape index (κ2) is 3.87. The molecule has 0 saturated carbocycles. The van der Waals surface area contributed by atoms with Crippen molar-refractivity contribution in [2.24, 2.45) is 0 Å². The van der Waals surface area contributed by atoms with Crippen LogP contribution in [0.4, 0.5) is 0 Å². The van der Waals surface area contributed by atoms with E-state index in [4.69, 9.17) is 0 Å². The molecular weight excluding hydrogens is 180 g/mol. The Labute approximate surface area is 79.6 Å². The van der Waals surface area contributed by atoms with Crippen molar-refractivity contribution >= 4 is 13.9 Å². The van der Waals surface area contributed by atoms with E-state index in [1.54, 1.807) is 12.4 Å². The molecule has 0 aliphatic rings. The van der Waals surface area contributed by atoms with E-state index in [1.807, 2.05) is 0 Å². The maximum Gasteiger partial charge on any atom is 0.134 e. The lowest BCUT2D eigenvalue weighted by atomic mass is 10.2. The second-order valence-electron chi connectivity index (χ2n) is 4.56. The Morgan fingerprint density at radius 3 is 2.69 bits per heavy atom. The van der Waals surface area contributed by atoms with Crippen molar-refractivity contribution < 1.29 is 4.79 Å². The summed E-state index contributed by atoms with van der Waals surface area (Å²) < 4.78 is 0. The summed E-state index contributed by atoms with van der Waals surface area (Å²) in [6.45, 7) is 6.63. The molecule has 0 spiro atoms. The quantitative estimate of drug-likeness (QED) is 0.747. The van der Waals surface area contributed by atoms with E-state index in [2.05, 4.69) is 29.8 Å². The third-order valence-electron chi connectivity index (χ3n) is 1.68. The summed E-state index contributed by atoms with van der Waals surface area (Å²) in [6, 6.07) is 0.762. The van der Waals surface area contributed by atoms with Gasteiger partial charge in [-0.15, -0.1) is 0 Å². The van der Waals surface area contributed by atoms with Crippen LogP contribution in [0.25, 0.3) is 0 Å². The van der Waals surface area contributed by atoms with Crippen molar-refractivity contribution in [3.05, 3.63) is 18.0 Å². The fourth-order valence-corrected chi connectivity index (χ4v) is 2.56.